The van der Waals surface area contributed by atoms with Gasteiger partial charge in [-0.1, -0.05) is 18.2 Å². The minimum Gasteiger partial charge on any atom is -0.386 e. The first-order valence-electron chi connectivity index (χ1n) is 9.39. The summed E-state index contributed by atoms with van der Waals surface area (Å²) < 4.78 is 13.8. The van der Waals surface area contributed by atoms with Gasteiger partial charge in [0.2, 0.25) is 0 Å². The number of benzene rings is 1. The van der Waals surface area contributed by atoms with Crippen LogP contribution in [0.1, 0.15) is 37.9 Å². The minimum absolute atomic E-state index is 0. The molecule has 2 atom stereocenters. The van der Waals surface area contributed by atoms with Crippen molar-refractivity contribution in [3.63, 3.8) is 0 Å². The number of halogens is 2. The Labute approximate surface area is 172 Å². The lowest BCUT2D eigenvalue weighted by atomic mass is 10.1. The second kappa shape index (κ2) is 10.4. The Morgan fingerprint density at radius 1 is 1.31 bits per heavy atom. The third-order valence-corrected chi connectivity index (χ3v) is 5.13. The van der Waals surface area contributed by atoms with Gasteiger partial charge in [-0.05, 0) is 45.3 Å². The molecule has 2 aliphatic heterocycles. The van der Waals surface area contributed by atoms with Crippen LogP contribution >= 0.6 is 24.0 Å². The van der Waals surface area contributed by atoms with Crippen molar-refractivity contribution < 1.29 is 9.50 Å². The maximum Gasteiger partial charge on any atom is 0.194 e. The number of aliphatic hydroxyl groups excluding tert-OH is 1. The molecule has 0 bridgehead atoms. The van der Waals surface area contributed by atoms with Gasteiger partial charge in [0, 0.05) is 31.2 Å². The molecule has 5 nitrogen and oxygen atoms in total. The number of guanidine groups is 1. The zero-order chi connectivity index (χ0) is 17.6. The van der Waals surface area contributed by atoms with Crippen LogP contribution in [0.4, 0.5) is 4.39 Å². The normalized spacial score (nSPS) is 22.3. The van der Waals surface area contributed by atoms with Gasteiger partial charge < -0.3 is 15.3 Å². The SMILES string of the molecule is CCNC(=NCC(O)c1ccccc1F)N1CCC(N2CCCC2)C1.I. The van der Waals surface area contributed by atoms with E-state index in [-0.39, 0.29) is 36.3 Å². The number of aliphatic hydroxyl groups is 1. The van der Waals surface area contributed by atoms with Crippen LogP contribution in [0.2, 0.25) is 0 Å². The van der Waals surface area contributed by atoms with E-state index in [0.29, 0.717) is 11.6 Å². The summed E-state index contributed by atoms with van der Waals surface area (Å²) in [5.74, 6) is 0.435. The molecule has 0 aromatic heterocycles. The first-order chi connectivity index (χ1) is 12.2. The predicted octanol–water partition coefficient (Wildman–Crippen LogP) is 2.61. The Bertz CT molecular complexity index is 595. The van der Waals surface area contributed by atoms with E-state index in [1.165, 1.54) is 32.0 Å². The fourth-order valence-electron chi connectivity index (χ4n) is 3.78. The van der Waals surface area contributed by atoms with Crippen LogP contribution in [0.3, 0.4) is 0 Å². The quantitative estimate of drug-likeness (QED) is 0.390. The highest BCUT2D eigenvalue weighted by molar-refractivity contribution is 14.0. The lowest BCUT2D eigenvalue weighted by molar-refractivity contribution is 0.181. The van der Waals surface area contributed by atoms with Gasteiger partial charge in [0.05, 0.1) is 6.54 Å². The van der Waals surface area contributed by atoms with E-state index in [1.807, 2.05) is 6.92 Å². The second-order valence-electron chi connectivity index (χ2n) is 6.86. The predicted molar refractivity (Wildman–Crippen MR) is 114 cm³/mol. The number of hydrogen-bond donors (Lipinski definition) is 2. The average molecular weight is 476 g/mol. The largest absolute Gasteiger partial charge is 0.386 e. The van der Waals surface area contributed by atoms with Crippen LogP contribution in [0.5, 0.6) is 0 Å². The molecule has 26 heavy (non-hydrogen) atoms. The molecule has 2 saturated heterocycles. The molecule has 2 N–H and O–H groups in total. The Hall–Kier alpha value is -0.930. The summed E-state index contributed by atoms with van der Waals surface area (Å²) >= 11 is 0. The molecule has 1 aromatic rings. The Balaban J connectivity index is 0.00000243. The van der Waals surface area contributed by atoms with Gasteiger partial charge in [0.1, 0.15) is 11.9 Å². The smallest absolute Gasteiger partial charge is 0.194 e. The molecule has 2 aliphatic rings. The van der Waals surface area contributed by atoms with Crippen LogP contribution in [0, 0.1) is 5.82 Å². The first-order valence-corrected chi connectivity index (χ1v) is 9.39. The van der Waals surface area contributed by atoms with Gasteiger partial charge in [0.25, 0.3) is 0 Å². The standard InChI is InChI=1S/C19H29FN4O.HI/c1-2-21-19(22-13-18(25)16-7-3-4-8-17(16)20)24-12-9-15(14-24)23-10-5-6-11-23;/h3-4,7-8,15,18,25H,2,5-6,9-14H2,1H3,(H,21,22);1H. The second-order valence-corrected chi connectivity index (χ2v) is 6.86. The van der Waals surface area contributed by atoms with E-state index in [0.717, 1.165) is 32.0 Å². The monoisotopic (exact) mass is 476 g/mol. The van der Waals surface area contributed by atoms with Gasteiger partial charge in [-0.2, -0.15) is 0 Å². The van der Waals surface area contributed by atoms with Crippen LogP contribution in [-0.2, 0) is 0 Å². The van der Waals surface area contributed by atoms with Crippen molar-refractivity contribution in [2.75, 3.05) is 39.3 Å². The Morgan fingerprint density at radius 3 is 2.73 bits per heavy atom. The van der Waals surface area contributed by atoms with E-state index in [4.69, 9.17) is 0 Å². The lowest BCUT2D eigenvalue weighted by Crippen LogP contribution is -2.43. The van der Waals surface area contributed by atoms with Crippen LogP contribution < -0.4 is 5.32 Å². The number of rotatable bonds is 5. The third-order valence-electron chi connectivity index (χ3n) is 5.13. The number of aliphatic imine (C=N–C) groups is 1. The zero-order valence-corrected chi connectivity index (χ0v) is 17.7. The van der Waals surface area contributed by atoms with Gasteiger partial charge in [-0.3, -0.25) is 9.89 Å². The summed E-state index contributed by atoms with van der Waals surface area (Å²) in [4.78, 5) is 9.42. The van der Waals surface area contributed by atoms with Crippen molar-refractivity contribution in [1.82, 2.24) is 15.1 Å². The number of nitrogens with one attached hydrogen (secondary N) is 1. The fraction of sp³-hybridized carbons (Fsp3) is 0.632. The molecular formula is C19H30FIN4O. The molecule has 7 heteroatoms. The summed E-state index contributed by atoms with van der Waals surface area (Å²) in [7, 11) is 0. The van der Waals surface area contributed by atoms with Gasteiger partial charge in [0.15, 0.2) is 5.96 Å². The summed E-state index contributed by atoms with van der Waals surface area (Å²) in [6.45, 7) is 7.34. The number of hydrogen-bond acceptors (Lipinski definition) is 3. The van der Waals surface area contributed by atoms with Crippen molar-refractivity contribution in [2.24, 2.45) is 4.99 Å². The molecule has 0 aliphatic carbocycles. The molecule has 0 radical (unpaired) electrons. The maximum absolute atomic E-state index is 13.8. The van der Waals surface area contributed by atoms with E-state index in [1.54, 1.807) is 18.2 Å². The van der Waals surface area contributed by atoms with Crippen LogP contribution in [0.25, 0.3) is 0 Å². The molecule has 2 fully saturated rings. The molecule has 2 unspecified atom stereocenters. The molecular weight excluding hydrogens is 446 g/mol. The highest BCUT2D eigenvalue weighted by Crippen LogP contribution is 2.21. The number of nitrogens with zero attached hydrogens (tertiary/aromatic N) is 3. The van der Waals surface area contributed by atoms with E-state index in [9.17, 15) is 9.50 Å². The Morgan fingerprint density at radius 2 is 2.04 bits per heavy atom. The average Bonchev–Trinajstić information content (AvgIpc) is 3.29. The summed E-state index contributed by atoms with van der Waals surface area (Å²) in [6, 6.07) is 6.94. The molecule has 0 saturated carbocycles. The van der Waals surface area contributed by atoms with Gasteiger partial charge in [-0.25, -0.2) is 4.39 Å². The summed E-state index contributed by atoms with van der Waals surface area (Å²) in [6.07, 6.45) is 2.84. The van der Waals surface area contributed by atoms with E-state index in [2.05, 4.69) is 20.1 Å². The molecule has 0 spiro atoms. The number of likely N-dealkylation sites (tertiary alicyclic amines) is 2. The van der Waals surface area contributed by atoms with Crippen LogP contribution in [0.15, 0.2) is 29.3 Å². The lowest BCUT2D eigenvalue weighted by Gasteiger charge is -2.25. The maximum atomic E-state index is 13.8. The van der Waals surface area contributed by atoms with Crippen molar-refractivity contribution in [1.29, 1.82) is 0 Å². The van der Waals surface area contributed by atoms with Gasteiger partial charge >= 0.3 is 0 Å². The van der Waals surface area contributed by atoms with Crippen molar-refractivity contribution in [2.45, 2.75) is 38.3 Å². The van der Waals surface area contributed by atoms with E-state index < -0.39 is 6.10 Å². The van der Waals surface area contributed by atoms with Crippen molar-refractivity contribution in [3.8, 4) is 0 Å². The van der Waals surface area contributed by atoms with Crippen molar-refractivity contribution in [3.05, 3.63) is 35.6 Å². The zero-order valence-electron chi connectivity index (χ0n) is 15.4. The minimum atomic E-state index is -0.924. The molecule has 0 amide bonds. The van der Waals surface area contributed by atoms with Crippen molar-refractivity contribution >= 4 is 29.9 Å². The topological polar surface area (TPSA) is 51.1 Å². The highest BCUT2D eigenvalue weighted by atomic mass is 127. The van der Waals surface area contributed by atoms with Crippen LogP contribution in [-0.4, -0.2) is 66.2 Å². The first kappa shape index (κ1) is 21.4. The Kier molecular flexibility index (Phi) is 8.56. The van der Waals surface area contributed by atoms with Gasteiger partial charge in [-0.15, -0.1) is 24.0 Å². The molecule has 2 heterocycles. The highest BCUT2D eigenvalue weighted by Gasteiger charge is 2.30. The fourth-order valence-corrected chi connectivity index (χ4v) is 3.78. The molecule has 1 aromatic carbocycles. The molecule has 3 rings (SSSR count). The third kappa shape index (κ3) is 5.29. The summed E-state index contributed by atoms with van der Waals surface area (Å²) in [5, 5.41) is 13.6. The van der Waals surface area contributed by atoms with E-state index >= 15 is 0 Å². The molecule has 146 valence electrons. The summed E-state index contributed by atoms with van der Waals surface area (Å²) in [5.41, 5.74) is 0.304.